The summed E-state index contributed by atoms with van der Waals surface area (Å²) in [7, 11) is 0. The number of nitrogens with one attached hydrogen (secondary N) is 2. The number of nitrogens with zero attached hydrogens (tertiary/aromatic N) is 3. The monoisotopic (exact) mass is 459 g/mol. The lowest BCUT2D eigenvalue weighted by atomic mass is 9.91. The van der Waals surface area contributed by atoms with Crippen molar-refractivity contribution in [1.29, 1.82) is 0 Å². The number of rotatable bonds is 5. The van der Waals surface area contributed by atoms with Gasteiger partial charge in [0.15, 0.2) is 0 Å². The van der Waals surface area contributed by atoms with E-state index in [2.05, 4.69) is 15.6 Å². The summed E-state index contributed by atoms with van der Waals surface area (Å²) in [5, 5.41) is 7.95. The number of aromatic nitrogens is 1. The second kappa shape index (κ2) is 9.09. The van der Waals surface area contributed by atoms with Gasteiger partial charge in [0, 0.05) is 36.6 Å². The SMILES string of the molecule is O=NN1CCCC1C(=O)N1CCc2ccccc2C1CNC(=O)c1cc(=O)[nH]c2ccccc12. The second-order valence-corrected chi connectivity index (χ2v) is 8.70. The minimum absolute atomic E-state index is 0.146. The first-order chi connectivity index (χ1) is 16.6. The van der Waals surface area contributed by atoms with Gasteiger partial charge >= 0.3 is 0 Å². The van der Waals surface area contributed by atoms with Crippen molar-refractivity contribution in [2.75, 3.05) is 19.6 Å². The highest BCUT2D eigenvalue weighted by Gasteiger charge is 2.39. The average molecular weight is 460 g/mol. The molecule has 2 atom stereocenters. The van der Waals surface area contributed by atoms with Gasteiger partial charge in [-0.05, 0) is 36.5 Å². The molecule has 1 aromatic heterocycles. The molecule has 0 saturated carbocycles. The van der Waals surface area contributed by atoms with Crippen LogP contribution >= 0.6 is 0 Å². The zero-order valence-electron chi connectivity index (χ0n) is 18.6. The van der Waals surface area contributed by atoms with Crippen molar-refractivity contribution >= 4 is 22.7 Å². The standard InChI is InChI=1S/C25H25N5O4/c31-23-14-19(18-8-3-4-9-20(18)27-23)24(32)26-15-22-17-7-2-1-6-16(17)11-13-29(22)25(33)21-10-5-12-30(21)28-34/h1-4,6-9,14,21-22H,5,10-13,15H2,(H,26,32)(H,27,31). The minimum atomic E-state index is -0.572. The van der Waals surface area contributed by atoms with Crippen molar-refractivity contribution in [3.8, 4) is 0 Å². The quantitative estimate of drug-likeness (QED) is 0.569. The second-order valence-electron chi connectivity index (χ2n) is 8.70. The highest BCUT2D eigenvalue weighted by atomic mass is 16.3. The third-order valence-corrected chi connectivity index (χ3v) is 6.76. The van der Waals surface area contributed by atoms with Gasteiger partial charge in [-0.1, -0.05) is 42.5 Å². The van der Waals surface area contributed by atoms with Crippen LogP contribution in [0.5, 0.6) is 0 Å². The smallest absolute Gasteiger partial charge is 0.252 e. The van der Waals surface area contributed by atoms with Crippen molar-refractivity contribution in [3.05, 3.63) is 86.5 Å². The van der Waals surface area contributed by atoms with Gasteiger partial charge in [-0.25, -0.2) is 5.01 Å². The van der Waals surface area contributed by atoms with Crippen LogP contribution in [0.15, 0.2) is 64.7 Å². The number of benzene rings is 2. The third-order valence-electron chi connectivity index (χ3n) is 6.76. The van der Waals surface area contributed by atoms with Crippen molar-refractivity contribution in [2.24, 2.45) is 5.29 Å². The van der Waals surface area contributed by atoms with Gasteiger partial charge < -0.3 is 15.2 Å². The van der Waals surface area contributed by atoms with E-state index in [0.717, 1.165) is 17.5 Å². The molecule has 1 fully saturated rings. The number of carbonyl (C=O) groups excluding carboxylic acids is 2. The number of para-hydroxylation sites is 1. The molecular weight excluding hydrogens is 434 g/mol. The zero-order chi connectivity index (χ0) is 23.7. The Bertz CT molecular complexity index is 1320. The first kappa shape index (κ1) is 21.8. The van der Waals surface area contributed by atoms with Crippen LogP contribution in [-0.2, 0) is 11.2 Å². The number of hydrogen-bond donors (Lipinski definition) is 2. The van der Waals surface area contributed by atoms with Crippen LogP contribution < -0.4 is 10.9 Å². The van der Waals surface area contributed by atoms with Gasteiger partial charge in [0.05, 0.1) is 16.9 Å². The summed E-state index contributed by atoms with van der Waals surface area (Å²) in [5.74, 6) is -0.526. The van der Waals surface area contributed by atoms with Gasteiger partial charge in [0.25, 0.3) is 5.91 Å². The summed E-state index contributed by atoms with van der Waals surface area (Å²) in [6.45, 7) is 1.15. The van der Waals surface area contributed by atoms with E-state index >= 15 is 0 Å². The molecule has 2 amide bonds. The summed E-state index contributed by atoms with van der Waals surface area (Å²) in [6, 6.07) is 15.4. The molecule has 0 bridgehead atoms. The molecule has 2 aliphatic rings. The number of aromatic amines is 1. The topological polar surface area (TPSA) is 115 Å². The Morgan fingerprint density at radius 2 is 1.88 bits per heavy atom. The van der Waals surface area contributed by atoms with Crippen molar-refractivity contribution in [2.45, 2.75) is 31.3 Å². The summed E-state index contributed by atoms with van der Waals surface area (Å²) in [6.07, 6.45) is 2.02. The molecule has 3 aromatic rings. The maximum Gasteiger partial charge on any atom is 0.252 e. The number of H-pyrrole nitrogens is 1. The molecule has 0 spiro atoms. The third kappa shape index (κ3) is 3.93. The molecule has 34 heavy (non-hydrogen) atoms. The number of carbonyl (C=O) groups is 2. The van der Waals surface area contributed by atoms with Crippen molar-refractivity contribution in [3.63, 3.8) is 0 Å². The lowest BCUT2D eigenvalue weighted by Crippen LogP contribution is -2.50. The van der Waals surface area contributed by atoms with Crippen LogP contribution in [0, 0.1) is 4.91 Å². The molecule has 3 heterocycles. The van der Waals surface area contributed by atoms with E-state index in [1.807, 2.05) is 30.3 Å². The minimum Gasteiger partial charge on any atom is -0.350 e. The fraction of sp³-hybridized carbons (Fsp3) is 0.320. The molecule has 2 N–H and O–H groups in total. The van der Waals surface area contributed by atoms with Gasteiger partial charge in [-0.15, -0.1) is 4.91 Å². The van der Waals surface area contributed by atoms with E-state index in [0.29, 0.717) is 36.8 Å². The lowest BCUT2D eigenvalue weighted by Gasteiger charge is -2.39. The molecule has 1 saturated heterocycles. The number of hydrogen-bond acceptors (Lipinski definition) is 5. The summed E-state index contributed by atoms with van der Waals surface area (Å²) >= 11 is 0. The van der Waals surface area contributed by atoms with Gasteiger partial charge in [0.2, 0.25) is 11.5 Å². The molecule has 2 unspecified atom stereocenters. The summed E-state index contributed by atoms with van der Waals surface area (Å²) in [4.78, 5) is 54.4. The van der Waals surface area contributed by atoms with E-state index in [1.54, 1.807) is 23.1 Å². The molecule has 9 heteroatoms. The molecule has 2 aliphatic heterocycles. The molecule has 0 radical (unpaired) electrons. The van der Waals surface area contributed by atoms with E-state index in [1.165, 1.54) is 11.1 Å². The molecule has 5 rings (SSSR count). The van der Waals surface area contributed by atoms with Crippen molar-refractivity contribution in [1.82, 2.24) is 20.2 Å². The van der Waals surface area contributed by atoms with Crippen molar-refractivity contribution < 1.29 is 9.59 Å². The Hall–Kier alpha value is -4.01. The molecule has 0 aliphatic carbocycles. The largest absolute Gasteiger partial charge is 0.350 e. The Morgan fingerprint density at radius 3 is 2.74 bits per heavy atom. The fourth-order valence-electron chi connectivity index (χ4n) is 5.10. The maximum absolute atomic E-state index is 13.5. The van der Waals surface area contributed by atoms with E-state index in [9.17, 15) is 19.3 Å². The number of pyridine rings is 1. The Morgan fingerprint density at radius 1 is 1.09 bits per heavy atom. The fourth-order valence-corrected chi connectivity index (χ4v) is 5.10. The lowest BCUT2D eigenvalue weighted by molar-refractivity contribution is -0.139. The average Bonchev–Trinajstić information content (AvgIpc) is 3.35. The van der Waals surface area contributed by atoms with Crippen LogP contribution in [0.3, 0.4) is 0 Å². The molecule has 2 aromatic carbocycles. The summed E-state index contributed by atoms with van der Waals surface area (Å²) in [5.41, 5.74) is 2.62. The Kier molecular flexibility index (Phi) is 5.83. The van der Waals surface area contributed by atoms with Crippen LogP contribution in [0.25, 0.3) is 10.9 Å². The molecule has 174 valence electrons. The van der Waals surface area contributed by atoms with Crippen LogP contribution in [0.1, 0.15) is 40.4 Å². The van der Waals surface area contributed by atoms with E-state index in [4.69, 9.17) is 0 Å². The number of amides is 2. The van der Waals surface area contributed by atoms with Gasteiger partial charge in [-0.2, -0.15) is 0 Å². The van der Waals surface area contributed by atoms with Gasteiger partial charge in [0.1, 0.15) is 6.04 Å². The number of nitroso groups, excluding NO2 is 1. The molecular formula is C25H25N5O4. The van der Waals surface area contributed by atoms with E-state index in [-0.39, 0.29) is 35.5 Å². The number of fused-ring (bicyclic) bond motifs is 2. The maximum atomic E-state index is 13.5. The highest BCUT2D eigenvalue weighted by Crippen LogP contribution is 2.32. The first-order valence-corrected chi connectivity index (χ1v) is 11.5. The van der Waals surface area contributed by atoms with Crippen LogP contribution in [0.4, 0.5) is 0 Å². The Labute approximate surface area is 195 Å². The van der Waals surface area contributed by atoms with Gasteiger partial charge in [-0.3, -0.25) is 14.4 Å². The molecule has 9 nitrogen and oxygen atoms in total. The van der Waals surface area contributed by atoms with Crippen LogP contribution in [0.2, 0.25) is 0 Å². The normalized spacial score (nSPS) is 19.6. The summed E-state index contributed by atoms with van der Waals surface area (Å²) < 4.78 is 0. The van der Waals surface area contributed by atoms with Crippen LogP contribution in [-0.4, -0.2) is 52.4 Å². The zero-order valence-corrected chi connectivity index (χ0v) is 18.6. The predicted octanol–water partition coefficient (Wildman–Crippen LogP) is 2.53. The first-order valence-electron chi connectivity index (χ1n) is 11.5. The highest BCUT2D eigenvalue weighted by molar-refractivity contribution is 6.06. The van der Waals surface area contributed by atoms with E-state index < -0.39 is 6.04 Å². The Balaban J connectivity index is 1.43. The predicted molar refractivity (Wildman–Crippen MR) is 127 cm³/mol.